The Morgan fingerprint density at radius 2 is 1.65 bits per heavy atom. The fraction of sp³-hybridized carbons (Fsp3) is 0.367. The first-order valence-electron chi connectivity index (χ1n) is 13.4. The molecule has 1 amide bonds. The van der Waals surface area contributed by atoms with Gasteiger partial charge in [0.05, 0.1) is 16.6 Å². The first-order valence-corrected chi connectivity index (χ1v) is 15.2. The fourth-order valence-electron chi connectivity index (χ4n) is 6.40. The van der Waals surface area contributed by atoms with Crippen LogP contribution in [-0.4, -0.2) is 26.3 Å². The van der Waals surface area contributed by atoms with Gasteiger partial charge in [0.2, 0.25) is 5.92 Å². The van der Waals surface area contributed by atoms with Gasteiger partial charge in [0.25, 0.3) is 15.9 Å². The Bertz CT molecular complexity index is 1570. The summed E-state index contributed by atoms with van der Waals surface area (Å²) in [5.74, 6) is -3.75. The number of amides is 1. The number of hydrogen-bond acceptors (Lipinski definition) is 3. The third-order valence-electron chi connectivity index (χ3n) is 8.56. The number of fused-ring (bicyclic) bond motifs is 2. The predicted octanol–water partition coefficient (Wildman–Crippen LogP) is 6.84. The first kappa shape index (κ1) is 27.1. The van der Waals surface area contributed by atoms with Gasteiger partial charge in [0.15, 0.2) is 0 Å². The Morgan fingerprint density at radius 1 is 0.975 bits per heavy atom. The molecule has 1 spiro atoms. The monoisotopic (exact) mass is 588 g/mol. The Hall–Kier alpha value is -3.04. The van der Waals surface area contributed by atoms with Gasteiger partial charge >= 0.3 is 0 Å². The van der Waals surface area contributed by atoms with E-state index in [1.54, 1.807) is 36.4 Å². The summed E-state index contributed by atoms with van der Waals surface area (Å²) in [6.07, 6.45) is 1.07. The molecule has 2 saturated carbocycles. The zero-order chi connectivity index (χ0) is 28.3. The van der Waals surface area contributed by atoms with Crippen LogP contribution in [0, 0.1) is 11.7 Å². The van der Waals surface area contributed by atoms with Crippen LogP contribution in [-0.2, 0) is 22.0 Å². The number of sulfonamides is 1. The van der Waals surface area contributed by atoms with Crippen molar-refractivity contribution in [1.82, 2.24) is 5.32 Å². The van der Waals surface area contributed by atoms with E-state index in [0.717, 1.165) is 30.5 Å². The molecule has 3 aliphatic rings. The quantitative estimate of drug-likeness (QED) is 0.343. The van der Waals surface area contributed by atoms with Crippen molar-refractivity contribution in [2.75, 3.05) is 4.31 Å². The number of nitrogens with zero attached hydrogens (tertiary/aromatic N) is 1. The van der Waals surface area contributed by atoms with Crippen LogP contribution in [0.25, 0.3) is 0 Å². The highest BCUT2D eigenvalue weighted by Gasteiger charge is 2.61. The molecule has 210 valence electrons. The van der Waals surface area contributed by atoms with Crippen LogP contribution in [0.15, 0.2) is 71.6 Å². The number of carbonyl (C=O) groups is 1. The lowest BCUT2D eigenvalue weighted by molar-refractivity contribution is -0.0547. The van der Waals surface area contributed by atoms with Crippen LogP contribution in [0.1, 0.15) is 60.0 Å². The third-order valence-corrected chi connectivity index (χ3v) is 10.7. The molecule has 1 heterocycles. The normalized spacial score (nSPS) is 21.3. The van der Waals surface area contributed by atoms with E-state index in [2.05, 4.69) is 5.32 Å². The molecule has 2 fully saturated rings. The largest absolute Gasteiger partial charge is 0.348 e. The summed E-state index contributed by atoms with van der Waals surface area (Å²) in [4.78, 5) is 13.2. The Morgan fingerprint density at radius 3 is 2.30 bits per heavy atom. The van der Waals surface area contributed by atoms with Gasteiger partial charge in [0, 0.05) is 35.4 Å². The smallest absolute Gasteiger partial charge is 0.264 e. The molecule has 0 aromatic heterocycles. The second-order valence-electron chi connectivity index (χ2n) is 11.1. The number of nitrogens with one attached hydrogen (secondary N) is 1. The van der Waals surface area contributed by atoms with Gasteiger partial charge in [-0.15, -0.1) is 0 Å². The zero-order valence-electron chi connectivity index (χ0n) is 21.5. The Kier molecular flexibility index (Phi) is 6.65. The van der Waals surface area contributed by atoms with Crippen LogP contribution in [0.4, 0.5) is 18.9 Å². The number of halogens is 4. The average molecular weight is 589 g/mol. The van der Waals surface area contributed by atoms with Crippen LogP contribution >= 0.6 is 11.6 Å². The summed E-state index contributed by atoms with van der Waals surface area (Å²) in [7, 11) is -4.15. The molecule has 10 heteroatoms. The summed E-state index contributed by atoms with van der Waals surface area (Å²) < 4.78 is 72.1. The molecule has 3 aromatic carbocycles. The Labute approximate surface area is 236 Å². The molecule has 6 rings (SSSR count). The lowest BCUT2D eigenvalue weighted by Gasteiger charge is -2.44. The van der Waals surface area contributed by atoms with Crippen LogP contribution in [0.2, 0.25) is 5.02 Å². The second kappa shape index (κ2) is 9.80. The van der Waals surface area contributed by atoms with Gasteiger partial charge in [-0.3, -0.25) is 9.10 Å². The highest BCUT2D eigenvalue weighted by Crippen LogP contribution is 2.61. The summed E-state index contributed by atoms with van der Waals surface area (Å²) in [6.45, 7) is 0.197. The lowest BCUT2D eigenvalue weighted by atomic mass is 9.64. The molecule has 1 unspecified atom stereocenters. The third kappa shape index (κ3) is 4.67. The van der Waals surface area contributed by atoms with Crippen molar-refractivity contribution in [3.8, 4) is 0 Å². The maximum absolute atomic E-state index is 14.5. The molecular formula is C30H28ClF3N2O3S. The maximum Gasteiger partial charge on any atom is 0.264 e. The van der Waals surface area contributed by atoms with Gasteiger partial charge in [0.1, 0.15) is 5.82 Å². The van der Waals surface area contributed by atoms with E-state index >= 15 is 0 Å². The number of alkyl halides is 2. The van der Waals surface area contributed by atoms with Gasteiger partial charge in [-0.2, -0.15) is 0 Å². The van der Waals surface area contributed by atoms with Gasteiger partial charge < -0.3 is 5.32 Å². The summed E-state index contributed by atoms with van der Waals surface area (Å²) in [5, 5.41) is 3.38. The van der Waals surface area contributed by atoms with Crippen molar-refractivity contribution in [3.63, 3.8) is 0 Å². The highest BCUT2D eigenvalue weighted by atomic mass is 35.5. The second-order valence-corrected chi connectivity index (χ2v) is 13.3. The molecule has 3 aromatic rings. The van der Waals surface area contributed by atoms with Crippen LogP contribution in [0.5, 0.6) is 0 Å². The van der Waals surface area contributed by atoms with E-state index in [1.165, 1.54) is 16.4 Å². The molecule has 5 nitrogen and oxygen atoms in total. The van der Waals surface area contributed by atoms with Crippen molar-refractivity contribution in [2.45, 2.75) is 67.3 Å². The number of anilines is 1. The summed E-state index contributed by atoms with van der Waals surface area (Å²) in [5.41, 5.74) is 1.21. The van der Waals surface area contributed by atoms with E-state index in [1.807, 2.05) is 6.07 Å². The van der Waals surface area contributed by atoms with Crippen LogP contribution < -0.4 is 9.62 Å². The number of hydrogen-bond donors (Lipinski definition) is 1. The molecule has 1 atom stereocenters. The Balaban J connectivity index is 1.42. The molecular weight excluding hydrogens is 561 g/mol. The van der Waals surface area contributed by atoms with Crippen molar-refractivity contribution in [1.29, 1.82) is 0 Å². The minimum absolute atomic E-state index is 0.00634. The van der Waals surface area contributed by atoms with Crippen LogP contribution in [0.3, 0.4) is 0 Å². The van der Waals surface area contributed by atoms with E-state index in [9.17, 15) is 26.4 Å². The van der Waals surface area contributed by atoms with Gasteiger partial charge in [-0.1, -0.05) is 29.8 Å². The summed E-state index contributed by atoms with van der Waals surface area (Å²) in [6, 6.07) is 16.1. The van der Waals surface area contributed by atoms with E-state index in [-0.39, 0.29) is 48.9 Å². The molecule has 0 radical (unpaired) electrons. The minimum Gasteiger partial charge on any atom is -0.348 e. The van der Waals surface area contributed by atoms with Crippen molar-refractivity contribution in [2.24, 2.45) is 5.92 Å². The first-order chi connectivity index (χ1) is 19.0. The van der Waals surface area contributed by atoms with Crippen molar-refractivity contribution >= 4 is 33.2 Å². The van der Waals surface area contributed by atoms with Crippen molar-refractivity contribution < 1.29 is 26.4 Å². The molecule has 1 N–H and O–H groups in total. The number of benzene rings is 3. The van der Waals surface area contributed by atoms with Crippen molar-refractivity contribution in [3.05, 3.63) is 94.3 Å². The molecule has 40 heavy (non-hydrogen) atoms. The van der Waals surface area contributed by atoms with E-state index in [0.29, 0.717) is 21.8 Å². The lowest BCUT2D eigenvalue weighted by Crippen LogP contribution is -2.51. The van der Waals surface area contributed by atoms with Gasteiger partial charge in [-0.05, 0) is 91.3 Å². The molecule has 1 aliphatic heterocycles. The van der Waals surface area contributed by atoms with Gasteiger partial charge in [-0.25, -0.2) is 21.6 Å². The standard InChI is InChI=1S/C30H28ClF3N2O3S/c31-25-4-2-1-3-21(25)18-35-28(37)20-7-12-26-24(17-20)29(13-15-30(33,34)16-14-29)27(19-5-6-19)36(26)40(38,39)23-10-8-22(32)9-11-23/h1-4,7-12,17,19,27H,5-6,13-16,18H2,(H,35,37). The SMILES string of the molecule is O=C(NCc1ccccc1Cl)c1ccc2c(c1)C1(CCC(F)(F)CC1)C(C1CC1)N2S(=O)(=O)c1ccc(F)cc1. The molecule has 2 aliphatic carbocycles. The van der Waals surface area contributed by atoms with E-state index < -0.39 is 33.2 Å². The zero-order valence-corrected chi connectivity index (χ0v) is 23.1. The fourth-order valence-corrected chi connectivity index (χ4v) is 8.40. The highest BCUT2D eigenvalue weighted by molar-refractivity contribution is 7.92. The number of carbonyl (C=O) groups excluding carboxylic acids is 1. The van der Waals surface area contributed by atoms with E-state index in [4.69, 9.17) is 11.6 Å². The average Bonchev–Trinajstić information content (AvgIpc) is 3.73. The predicted molar refractivity (Wildman–Crippen MR) is 147 cm³/mol. The topological polar surface area (TPSA) is 66.5 Å². The maximum atomic E-state index is 14.5. The minimum atomic E-state index is -4.15. The molecule has 0 saturated heterocycles. The molecule has 0 bridgehead atoms. The number of rotatable bonds is 6. The summed E-state index contributed by atoms with van der Waals surface area (Å²) >= 11 is 6.22.